The van der Waals surface area contributed by atoms with E-state index in [0.717, 1.165) is 49.8 Å². The summed E-state index contributed by atoms with van der Waals surface area (Å²) >= 11 is 0. The third kappa shape index (κ3) is 4.75. The fourth-order valence-electron chi connectivity index (χ4n) is 6.60. The number of hydrogen-bond donors (Lipinski definition) is 0. The van der Waals surface area contributed by atoms with Crippen molar-refractivity contribution in [3.05, 3.63) is 170 Å². The lowest BCUT2D eigenvalue weighted by atomic mass is 9.99. The molecule has 0 atom stereocenters. The Labute approximate surface area is 272 Å². The first-order valence-electron chi connectivity index (χ1n) is 15.8. The minimum atomic E-state index is 0.583. The van der Waals surface area contributed by atoms with E-state index in [4.69, 9.17) is 15.0 Å². The van der Waals surface area contributed by atoms with Crippen LogP contribution in [-0.2, 0) is 0 Å². The summed E-state index contributed by atoms with van der Waals surface area (Å²) < 4.78 is 2.19. The normalized spacial score (nSPS) is 11.4. The summed E-state index contributed by atoms with van der Waals surface area (Å²) in [5.41, 5.74) is 8.43. The first-order chi connectivity index (χ1) is 23.3. The van der Waals surface area contributed by atoms with Crippen LogP contribution in [0.4, 0.5) is 0 Å². The van der Waals surface area contributed by atoms with Crippen LogP contribution in [-0.4, -0.2) is 19.5 Å². The predicted molar refractivity (Wildman–Crippen MR) is 193 cm³/mol. The molecule has 220 valence electrons. The van der Waals surface area contributed by atoms with Crippen molar-refractivity contribution in [3.63, 3.8) is 0 Å². The molecule has 0 bridgehead atoms. The van der Waals surface area contributed by atoms with Gasteiger partial charge in [0.1, 0.15) is 0 Å². The molecule has 47 heavy (non-hydrogen) atoms. The molecular weight excluding hydrogens is 573 g/mol. The fourth-order valence-corrected chi connectivity index (χ4v) is 6.60. The van der Waals surface area contributed by atoms with Gasteiger partial charge >= 0.3 is 0 Å². The van der Waals surface area contributed by atoms with E-state index in [1.165, 1.54) is 16.2 Å². The molecule has 0 unspecified atom stereocenters. The maximum absolute atomic E-state index is 5.26. The van der Waals surface area contributed by atoms with Gasteiger partial charge in [0.15, 0.2) is 11.6 Å². The molecule has 4 nitrogen and oxygen atoms in total. The van der Waals surface area contributed by atoms with E-state index in [2.05, 4.69) is 156 Å². The molecule has 0 aliphatic carbocycles. The Morgan fingerprint density at radius 1 is 0.340 bits per heavy atom. The van der Waals surface area contributed by atoms with E-state index in [1.54, 1.807) is 0 Å². The SMILES string of the molecule is c1ccc(-c2cccc(-c3nc(-c4ccccc4-c4ccccc4)nc(-n4c5ccccc5c5cc6ccccc6cc54)n3)c2)cc1. The van der Waals surface area contributed by atoms with Crippen molar-refractivity contribution in [1.82, 2.24) is 19.5 Å². The molecule has 9 rings (SSSR count). The van der Waals surface area contributed by atoms with Crippen molar-refractivity contribution < 1.29 is 0 Å². The Balaban J connectivity index is 1.34. The van der Waals surface area contributed by atoms with Crippen molar-refractivity contribution in [2.75, 3.05) is 0 Å². The van der Waals surface area contributed by atoms with Crippen molar-refractivity contribution in [1.29, 1.82) is 0 Å². The van der Waals surface area contributed by atoms with Crippen molar-refractivity contribution >= 4 is 32.6 Å². The summed E-state index contributed by atoms with van der Waals surface area (Å²) in [6.45, 7) is 0. The molecule has 0 aliphatic heterocycles. The quantitative estimate of drug-likeness (QED) is 0.197. The van der Waals surface area contributed by atoms with E-state index in [-0.39, 0.29) is 0 Å². The highest BCUT2D eigenvalue weighted by atomic mass is 15.2. The van der Waals surface area contributed by atoms with E-state index < -0.39 is 0 Å². The van der Waals surface area contributed by atoms with Gasteiger partial charge in [0, 0.05) is 21.9 Å². The Morgan fingerprint density at radius 2 is 0.936 bits per heavy atom. The van der Waals surface area contributed by atoms with Gasteiger partial charge in [-0.2, -0.15) is 9.97 Å². The molecule has 7 aromatic carbocycles. The van der Waals surface area contributed by atoms with Gasteiger partial charge in [0.25, 0.3) is 0 Å². The molecule has 0 radical (unpaired) electrons. The smallest absolute Gasteiger partial charge is 0.238 e. The average molecular weight is 601 g/mol. The van der Waals surface area contributed by atoms with Crippen LogP contribution in [0.3, 0.4) is 0 Å². The lowest BCUT2D eigenvalue weighted by molar-refractivity contribution is 0.954. The van der Waals surface area contributed by atoms with Crippen LogP contribution in [0.25, 0.3) is 83.6 Å². The molecular formula is C43H28N4. The standard InChI is InChI=1S/C43H28N4/c1-3-14-29(15-4-1)31-20-13-21-34(26-31)41-44-42(37-24-10-9-22-35(37)30-16-5-2-6-17-30)46-43(45-41)47-39-25-12-11-23-36(39)38-27-32-18-7-8-19-33(32)28-40(38)47/h1-28H. The molecule has 0 spiro atoms. The number of aromatic nitrogens is 4. The molecule has 0 saturated heterocycles. The molecule has 4 heteroatoms. The third-order valence-electron chi connectivity index (χ3n) is 8.84. The molecule has 2 aromatic heterocycles. The minimum Gasteiger partial charge on any atom is -0.278 e. The van der Waals surface area contributed by atoms with E-state index >= 15 is 0 Å². The van der Waals surface area contributed by atoms with Crippen molar-refractivity contribution in [2.45, 2.75) is 0 Å². The fraction of sp³-hybridized carbons (Fsp3) is 0. The number of fused-ring (bicyclic) bond motifs is 4. The largest absolute Gasteiger partial charge is 0.278 e. The summed E-state index contributed by atoms with van der Waals surface area (Å²) in [7, 11) is 0. The zero-order chi connectivity index (χ0) is 31.2. The second kappa shape index (κ2) is 11.2. The van der Waals surface area contributed by atoms with Gasteiger partial charge in [-0.1, -0.05) is 146 Å². The van der Waals surface area contributed by atoms with Crippen molar-refractivity contribution in [2.24, 2.45) is 0 Å². The zero-order valence-electron chi connectivity index (χ0n) is 25.5. The van der Waals surface area contributed by atoms with Gasteiger partial charge < -0.3 is 0 Å². The first-order valence-corrected chi connectivity index (χ1v) is 15.8. The van der Waals surface area contributed by atoms with Crippen LogP contribution in [0.1, 0.15) is 0 Å². The first kappa shape index (κ1) is 27.0. The van der Waals surface area contributed by atoms with Crippen LogP contribution >= 0.6 is 0 Å². The van der Waals surface area contributed by atoms with Crippen molar-refractivity contribution in [3.8, 4) is 51.0 Å². The maximum atomic E-state index is 5.26. The lowest BCUT2D eigenvalue weighted by Gasteiger charge is -2.14. The van der Waals surface area contributed by atoms with Gasteiger partial charge in [0.2, 0.25) is 5.95 Å². The topological polar surface area (TPSA) is 43.6 Å². The lowest BCUT2D eigenvalue weighted by Crippen LogP contribution is -2.07. The van der Waals surface area contributed by atoms with Gasteiger partial charge in [-0.3, -0.25) is 4.57 Å². The highest BCUT2D eigenvalue weighted by molar-refractivity contribution is 6.13. The summed E-state index contributed by atoms with van der Waals surface area (Å²) in [6, 6.07) is 59.2. The van der Waals surface area contributed by atoms with Crippen LogP contribution in [0.15, 0.2) is 170 Å². The Hall–Kier alpha value is -6.39. The predicted octanol–water partition coefficient (Wildman–Crippen LogP) is 10.8. The number of rotatable bonds is 5. The van der Waals surface area contributed by atoms with E-state index in [9.17, 15) is 0 Å². The highest BCUT2D eigenvalue weighted by Crippen LogP contribution is 2.36. The summed E-state index contributed by atoms with van der Waals surface area (Å²) in [5.74, 6) is 1.83. The van der Waals surface area contributed by atoms with Crippen LogP contribution in [0, 0.1) is 0 Å². The van der Waals surface area contributed by atoms with E-state index in [0.29, 0.717) is 17.6 Å². The van der Waals surface area contributed by atoms with Gasteiger partial charge in [0.05, 0.1) is 11.0 Å². The Bertz CT molecular complexity index is 2570. The number of benzene rings is 7. The Morgan fingerprint density at radius 3 is 1.74 bits per heavy atom. The van der Waals surface area contributed by atoms with Gasteiger partial charge in [-0.25, -0.2) is 4.98 Å². The Kier molecular flexibility index (Phi) is 6.43. The summed E-state index contributed by atoms with van der Waals surface area (Å²) in [5, 5.41) is 4.70. The molecule has 0 N–H and O–H groups in total. The van der Waals surface area contributed by atoms with Gasteiger partial charge in [-0.15, -0.1) is 0 Å². The molecule has 0 amide bonds. The third-order valence-corrected chi connectivity index (χ3v) is 8.84. The monoisotopic (exact) mass is 600 g/mol. The molecule has 0 fully saturated rings. The number of hydrogen-bond acceptors (Lipinski definition) is 3. The molecule has 9 aromatic rings. The van der Waals surface area contributed by atoms with Crippen LogP contribution in [0.2, 0.25) is 0 Å². The van der Waals surface area contributed by atoms with Gasteiger partial charge in [-0.05, 0) is 57.3 Å². The van der Waals surface area contributed by atoms with Crippen LogP contribution in [0.5, 0.6) is 0 Å². The molecule has 0 saturated carbocycles. The second-order valence-electron chi connectivity index (χ2n) is 11.7. The minimum absolute atomic E-state index is 0.583. The number of para-hydroxylation sites is 1. The summed E-state index contributed by atoms with van der Waals surface area (Å²) in [4.78, 5) is 15.7. The van der Waals surface area contributed by atoms with E-state index in [1.807, 2.05) is 18.2 Å². The molecule has 0 aliphatic rings. The average Bonchev–Trinajstić information content (AvgIpc) is 3.47. The second-order valence-corrected chi connectivity index (χ2v) is 11.7. The highest BCUT2D eigenvalue weighted by Gasteiger charge is 2.20. The number of nitrogens with zero attached hydrogens (tertiary/aromatic N) is 4. The maximum Gasteiger partial charge on any atom is 0.238 e. The molecule has 2 heterocycles. The summed E-state index contributed by atoms with van der Waals surface area (Å²) in [6.07, 6.45) is 0. The zero-order valence-corrected chi connectivity index (χ0v) is 25.5. The van der Waals surface area contributed by atoms with Crippen LogP contribution < -0.4 is 0 Å².